The molecule has 11 heteroatoms. The summed E-state index contributed by atoms with van der Waals surface area (Å²) >= 11 is 0. The van der Waals surface area contributed by atoms with Gasteiger partial charge in [0.1, 0.15) is 0 Å². The van der Waals surface area contributed by atoms with Gasteiger partial charge in [0.05, 0.1) is 29.4 Å². The summed E-state index contributed by atoms with van der Waals surface area (Å²) in [7, 11) is 0. The predicted octanol–water partition coefficient (Wildman–Crippen LogP) is 5.12. The number of rotatable bonds is 6. The number of hydrogen-bond acceptors (Lipinski definition) is 3. The van der Waals surface area contributed by atoms with E-state index in [1.165, 1.54) is 6.92 Å². The number of urea groups is 1. The summed E-state index contributed by atoms with van der Waals surface area (Å²) in [6, 6.07) is 9.74. The fourth-order valence-electron chi connectivity index (χ4n) is 4.04. The van der Waals surface area contributed by atoms with E-state index >= 15 is 0 Å². The van der Waals surface area contributed by atoms with Crippen LogP contribution in [0.25, 0.3) is 0 Å². The molecule has 1 aliphatic heterocycles. The molecule has 0 saturated carbocycles. The fraction of sp³-hybridized carbons (Fsp3) is 0.435. The van der Waals surface area contributed by atoms with Gasteiger partial charge in [0.15, 0.2) is 0 Å². The van der Waals surface area contributed by atoms with E-state index < -0.39 is 41.2 Å². The average molecular weight is 489 g/mol. The van der Waals surface area contributed by atoms with Crippen molar-refractivity contribution in [1.82, 2.24) is 10.6 Å². The van der Waals surface area contributed by atoms with Crippen molar-refractivity contribution in [3.05, 3.63) is 70.8 Å². The van der Waals surface area contributed by atoms with Crippen molar-refractivity contribution in [3.8, 4) is 0 Å². The highest BCUT2D eigenvalue weighted by molar-refractivity contribution is 5.72. The van der Waals surface area contributed by atoms with E-state index in [4.69, 9.17) is 10.5 Å². The zero-order valence-electron chi connectivity index (χ0n) is 18.3. The van der Waals surface area contributed by atoms with Crippen LogP contribution in [0.1, 0.15) is 48.1 Å². The number of benzene rings is 2. The van der Waals surface area contributed by atoms with Gasteiger partial charge in [-0.3, -0.25) is 0 Å². The molecule has 2 unspecified atom stereocenters. The highest BCUT2D eigenvalue weighted by Crippen LogP contribution is 2.39. The Labute approximate surface area is 192 Å². The molecule has 3 rings (SSSR count). The first-order valence-corrected chi connectivity index (χ1v) is 10.6. The standard InChI is InChI=1S/C23H25F6N3O2/c1-14(15-9-17(22(24,25)26)11-18(10-15)23(27,28)29)34-13-21(16-5-3-2-4-6-16)8-7-19(12-31-21)32-20(30)33/h2-6,9-11,14,19,31H,7-8,12-13H2,1H3,(H3,30,32,33)/t14?,19-,21?/m0/s1. The van der Waals surface area contributed by atoms with Gasteiger partial charge in [0.25, 0.3) is 0 Å². The van der Waals surface area contributed by atoms with E-state index in [9.17, 15) is 31.1 Å². The third-order valence-corrected chi connectivity index (χ3v) is 5.94. The van der Waals surface area contributed by atoms with E-state index in [0.29, 0.717) is 31.5 Å². The summed E-state index contributed by atoms with van der Waals surface area (Å²) in [5, 5.41) is 5.95. The maximum Gasteiger partial charge on any atom is 0.416 e. The lowest BCUT2D eigenvalue weighted by atomic mass is 9.81. The Balaban J connectivity index is 1.84. The Kier molecular flexibility index (Phi) is 7.47. The maximum absolute atomic E-state index is 13.2. The predicted molar refractivity (Wildman–Crippen MR) is 113 cm³/mol. The summed E-state index contributed by atoms with van der Waals surface area (Å²) < 4.78 is 85.2. The number of carbonyl (C=O) groups excluding carboxylic acids is 1. The number of halogens is 6. The lowest BCUT2D eigenvalue weighted by Gasteiger charge is -2.42. The molecule has 2 aromatic rings. The fourth-order valence-corrected chi connectivity index (χ4v) is 4.04. The van der Waals surface area contributed by atoms with Crippen molar-refractivity contribution in [2.75, 3.05) is 13.2 Å². The number of amides is 2. The zero-order valence-corrected chi connectivity index (χ0v) is 18.3. The molecule has 34 heavy (non-hydrogen) atoms. The molecule has 0 aliphatic carbocycles. The first-order valence-electron chi connectivity index (χ1n) is 10.6. The molecular weight excluding hydrogens is 464 g/mol. The average Bonchev–Trinajstić information content (AvgIpc) is 2.77. The van der Waals surface area contributed by atoms with Crippen LogP contribution in [0.2, 0.25) is 0 Å². The van der Waals surface area contributed by atoms with Gasteiger partial charge in [-0.05, 0) is 49.1 Å². The first kappa shape index (κ1) is 25.8. The SMILES string of the molecule is CC(OCC1(c2ccccc2)CC[C@H](NC(N)=O)CN1)c1cc(C(F)(F)F)cc(C(F)(F)F)c1. The van der Waals surface area contributed by atoms with Gasteiger partial charge in [-0.2, -0.15) is 26.3 Å². The quantitative estimate of drug-likeness (QED) is 0.493. The minimum Gasteiger partial charge on any atom is -0.372 e. The number of ether oxygens (including phenoxy) is 1. The van der Waals surface area contributed by atoms with Gasteiger partial charge >= 0.3 is 18.4 Å². The van der Waals surface area contributed by atoms with E-state index in [0.717, 1.165) is 5.56 Å². The molecule has 0 bridgehead atoms. The number of carbonyl (C=O) groups is 1. The minimum atomic E-state index is -4.94. The molecule has 2 aromatic carbocycles. The van der Waals surface area contributed by atoms with Crippen LogP contribution in [0.5, 0.6) is 0 Å². The first-order chi connectivity index (χ1) is 15.8. The van der Waals surface area contributed by atoms with E-state index in [1.54, 1.807) is 0 Å². The van der Waals surface area contributed by atoms with Crippen LogP contribution in [-0.2, 0) is 22.6 Å². The van der Waals surface area contributed by atoms with E-state index in [2.05, 4.69) is 10.6 Å². The lowest BCUT2D eigenvalue weighted by Crippen LogP contribution is -2.57. The minimum absolute atomic E-state index is 0.0148. The van der Waals surface area contributed by atoms with E-state index in [1.807, 2.05) is 30.3 Å². The van der Waals surface area contributed by atoms with Gasteiger partial charge in [0, 0.05) is 12.6 Å². The smallest absolute Gasteiger partial charge is 0.372 e. The van der Waals surface area contributed by atoms with Crippen molar-refractivity contribution in [2.45, 2.75) is 49.8 Å². The van der Waals surface area contributed by atoms with Crippen molar-refractivity contribution < 1.29 is 35.9 Å². The second kappa shape index (κ2) is 9.83. The number of hydrogen-bond donors (Lipinski definition) is 3. The molecule has 4 N–H and O–H groups in total. The summed E-state index contributed by atoms with van der Waals surface area (Å²) in [6.45, 7) is 1.75. The number of piperidine rings is 1. The summed E-state index contributed by atoms with van der Waals surface area (Å²) in [5.74, 6) is 0. The van der Waals surface area contributed by atoms with Gasteiger partial charge in [0.2, 0.25) is 0 Å². The van der Waals surface area contributed by atoms with Gasteiger partial charge < -0.3 is 21.1 Å². The molecule has 1 aliphatic rings. The highest BCUT2D eigenvalue weighted by Gasteiger charge is 2.39. The zero-order chi connectivity index (χ0) is 25.1. The third-order valence-electron chi connectivity index (χ3n) is 5.94. The normalized spacial score (nSPS) is 22.3. The molecule has 1 fully saturated rings. The number of nitrogens with two attached hydrogens (primary N) is 1. The van der Waals surface area contributed by atoms with Crippen LogP contribution in [0, 0.1) is 0 Å². The Morgan fingerprint density at radius 1 is 1.12 bits per heavy atom. The molecule has 5 nitrogen and oxygen atoms in total. The summed E-state index contributed by atoms with van der Waals surface area (Å²) in [5.41, 5.74) is 2.28. The highest BCUT2D eigenvalue weighted by atomic mass is 19.4. The molecule has 0 aromatic heterocycles. The van der Waals surface area contributed by atoms with Crippen LogP contribution in [-0.4, -0.2) is 25.2 Å². The number of primary amides is 1. The maximum atomic E-state index is 13.2. The molecule has 1 heterocycles. The van der Waals surface area contributed by atoms with Gasteiger partial charge in [-0.25, -0.2) is 4.79 Å². The molecule has 186 valence electrons. The summed E-state index contributed by atoms with van der Waals surface area (Å²) in [6.07, 6.45) is -9.88. The Morgan fingerprint density at radius 2 is 1.71 bits per heavy atom. The molecule has 1 saturated heterocycles. The monoisotopic (exact) mass is 489 g/mol. The van der Waals surface area contributed by atoms with Crippen LogP contribution in [0.3, 0.4) is 0 Å². The molecule has 2 amide bonds. The van der Waals surface area contributed by atoms with Gasteiger partial charge in [-0.15, -0.1) is 0 Å². The lowest BCUT2D eigenvalue weighted by molar-refractivity contribution is -0.143. The molecule has 0 spiro atoms. The Morgan fingerprint density at radius 3 is 2.18 bits per heavy atom. The molecule has 0 radical (unpaired) electrons. The van der Waals surface area contributed by atoms with Crippen molar-refractivity contribution in [3.63, 3.8) is 0 Å². The van der Waals surface area contributed by atoms with Crippen molar-refractivity contribution in [1.29, 1.82) is 0 Å². The molecular formula is C23H25F6N3O2. The van der Waals surface area contributed by atoms with Crippen LogP contribution >= 0.6 is 0 Å². The Hall–Kier alpha value is -2.79. The van der Waals surface area contributed by atoms with Crippen LogP contribution in [0.15, 0.2) is 48.5 Å². The van der Waals surface area contributed by atoms with E-state index in [-0.39, 0.29) is 24.3 Å². The number of nitrogens with one attached hydrogen (secondary N) is 2. The summed E-state index contributed by atoms with van der Waals surface area (Å²) in [4.78, 5) is 11.2. The van der Waals surface area contributed by atoms with Crippen LogP contribution in [0.4, 0.5) is 31.1 Å². The number of alkyl halides is 6. The van der Waals surface area contributed by atoms with Gasteiger partial charge in [-0.1, -0.05) is 30.3 Å². The van der Waals surface area contributed by atoms with Crippen molar-refractivity contribution >= 4 is 6.03 Å². The topological polar surface area (TPSA) is 76.4 Å². The Bertz CT molecular complexity index is 954. The van der Waals surface area contributed by atoms with Crippen LogP contribution < -0.4 is 16.4 Å². The largest absolute Gasteiger partial charge is 0.416 e. The second-order valence-electron chi connectivity index (χ2n) is 8.37. The molecule has 3 atom stereocenters. The second-order valence-corrected chi connectivity index (χ2v) is 8.37. The third kappa shape index (κ3) is 6.20. The van der Waals surface area contributed by atoms with Crippen molar-refractivity contribution in [2.24, 2.45) is 5.73 Å².